The Morgan fingerprint density at radius 3 is 2.84 bits per heavy atom. The summed E-state index contributed by atoms with van der Waals surface area (Å²) < 4.78 is 0. The molecule has 0 saturated heterocycles. The van der Waals surface area contributed by atoms with E-state index in [0.29, 0.717) is 11.3 Å². The third kappa shape index (κ3) is 3.60. The van der Waals surface area contributed by atoms with Crippen molar-refractivity contribution in [3.05, 3.63) is 53.2 Å². The highest BCUT2D eigenvalue weighted by atomic mass is 16.3. The average molecular weight is 339 g/mol. The van der Waals surface area contributed by atoms with Gasteiger partial charge in [-0.25, -0.2) is 4.98 Å². The van der Waals surface area contributed by atoms with Crippen LogP contribution in [-0.4, -0.2) is 29.1 Å². The molecule has 1 atom stereocenters. The van der Waals surface area contributed by atoms with Crippen LogP contribution in [0.25, 0.3) is 0 Å². The first-order chi connectivity index (χ1) is 12.1. The molecule has 1 heterocycles. The van der Waals surface area contributed by atoms with Crippen LogP contribution < -0.4 is 10.2 Å². The van der Waals surface area contributed by atoms with Crippen molar-refractivity contribution >= 4 is 11.7 Å². The van der Waals surface area contributed by atoms with E-state index < -0.39 is 0 Å². The molecule has 1 aliphatic carbocycles. The quantitative estimate of drug-likeness (QED) is 0.846. The molecule has 5 nitrogen and oxygen atoms in total. The summed E-state index contributed by atoms with van der Waals surface area (Å²) in [7, 11) is 0. The normalized spacial score (nSPS) is 15.7. The van der Waals surface area contributed by atoms with Crippen LogP contribution in [0.4, 0.5) is 5.82 Å². The summed E-state index contributed by atoms with van der Waals surface area (Å²) in [6, 6.07) is 9.17. The zero-order chi connectivity index (χ0) is 17.8. The van der Waals surface area contributed by atoms with Crippen LogP contribution in [0.15, 0.2) is 36.5 Å². The predicted molar refractivity (Wildman–Crippen MR) is 99.1 cm³/mol. The van der Waals surface area contributed by atoms with E-state index in [-0.39, 0.29) is 11.9 Å². The molecule has 1 aliphatic rings. The number of phenols is 1. The molecule has 2 N–H and O–H groups in total. The van der Waals surface area contributed by atoms with E-state index in [9.17, 15) is 9.90 Å². The fraction of sp³-hybridized carbons (Fsp3) is 0.400. The van der Waals surface area contributed by atoms with Crippen molar-refractivity contribution < 1.29 is 9.90 Å². The lowest BCUT2D eigenvalue weighted by molar-refractivity contribution is 0.0936. The number of carbonyl (C=O) groups is 1. The summed E-state index contributed by atoms with van der Waals surface area (Å²) in [6.45, 7) is 6.10. The Morgan fingerprint density at radius 2 is 2.16 bits per heavy atom. The van der Waals surface area contributed by atoms with Crippen LogP contribution in [-0.2, 0) is 6.42 Å². The lowest BCUT2D eigenvalue weighted by Crippen LogP contribution is -2.28. The van der Waals surface area contributed by atoms with Gasteiger partial charge in [0.15, 0.2) is 0 Å². The van der Waals surface area contributed by atoms with Crippen LogP contribution in [0, 0.1) is 0 Å². The van der Waals surface area contributed by atoms with Gasteiger partial charge in [-0.15, -0.1) is 0 Å². The van der Waals surface area contributed by atoms with Gasteiger partial charge in [-0.3, -0.25) is 4.79 Å². The fourth-order valence-corrected chi connectivity index (χ4v) is 3.44. The van der Waals surface area contributed by atoms with Crippen LogP contribution in [0.1, 0.15) is 54.2 Å². The lowest BCUT2D eigenvalue weighted by Gasteiger charge is -2.21. The van der Waals surface area contributed by atoms with Gasteiger partial charge in [0.05, 0.1) is 11.6 Å². The molecule has 25 heavy (non-hydrogen) atoms. The van der Waals surface area contributed by atoms with Crippen molar-refractivity contribution in [3.8, 4) is 5.75 Å². The molecule has 1 aromatic carbocycles. The first-order valence-electron chi connectivity index (χ1n) is 8.96. The largest absolute Gasteiger partial charge is 0.508 e. The summed E-state index contributed by atoms with van der Waals surface area (Å²) in [6.07, 6.45) is 4.30. The van der Waals surface area contributed by atoms with Crippen molar-refractivity contribution in [2.24, 2.45) is 0 Å². The van der Waals surface area contributed by atoms with Gasteiger partial charge in [0.1, 0.15) is 11.6 Å². The number of rotatable bonds is 6. The monoisotopic (exact) mass is 339 g/mol. The Morgan fingerprint density at radius 1 is 1.32 bits per heavy atom. The van der Waals surface area contributed by atoms with Crippen molar-refractivity contribution in [1.82, 2.24) is 10.3 Å². The number of hydrogen-bond acceptors (Lipinski definition) is 4. The molecule has 0 saturated carbocycles. The first kappa shape index (κ1) is 17.3. The number of benzene rings is 1. The van der Waals surface area contributed by atoms with E-state index in [1.165, 1.54) is 0 Å². The standard InChI is InChI=1S/C20H25N3O2/c1-3-12-23(4-2)19-11-8-14(13-21-19)20(25)22-17-10-9-16-15(17)6-5-7-18(16)24/h5-8,11,13,17,24H,3-4,9-10,12H2,1-2H3,(H,22,25). The number of hydrogen-bond donors (Lipinski definition) is 2. The number of anilines is 1. The van der Waals surface area contributed by atoms with Gasteiger partial charge in [0, 0.05) is 19.3 Å². The van der Waals surface area contributed by atoms with E-state index in [1.807, 2.05) is 24.3 Å². The molecule has 0 spiro atoms. The highest BCUT2D eigenvalue weighted by molar-refractivity contribution is 5.94. The van der Waals surface area contributed by atoms with Crippen molar-refractivity contribution in [2.45, 2.75) is 39.2 Å². The maximum absolute atomic E-state index is 12.5. The molecule has 0 aliphatic heterocycles. The van der Waals surface area contributed by atoms with Gasteiger partial charge in [0.2, 0.25) is 0 Å². The molecule has 0 bridgehead atoms. The molecule has 1 amide bonds. The maximum atomic E-state index is 12.5. The van der Waals surface area contributed by atoms with Crippen molar-refractivity contribution in [1.29, 1.82) is 0 Å². The smallest absolute Gasteiger partial charge is 0.253 e. The number of aromatic nitrogens is 1. The lowest BCUT2D eigenvalue weighted by atomic mass is 10.1. The molecule has 3 rings (SSSR count). The van der Waals surface area contributed by atoms with E-state index in [2.05, 4.69) is 29.0 Å². The first-order valence-corrected chi connectivity index (χ1v) is 8.96. The van der Waals surface area contributed by atoms with Gasteiger partial charge in [-0.05, 0) is 55.5 Å². The zero-order valence-corrected chi connectivity index (χ0v) is 14.8. The highest BCUT2D eigenvalue weighted by Crippen LogP contribution is 2.36. The molecular formula is C20H25N3O2. The molecule has 1 unspecified atom stereocenters. The summed E-state index contributed by atoms with van der Waals surface area (Å²) in [5, 5.41) is 13.0. The number of nitrogens with zero attached hydrogens (tertiary/aromatic N) is 2. The van der Waals surface area contributed by atoms with Crippen molar-refractivity contribution in [2.75, 3.05) is 18.0 Å². The van der Waals surface area contributed by atoms with E-state index in [4.69, 9.17) is 0 Å². The Labute approximate surface area is 148 Å². The molecule has 0 radical (unpaired) electrons. The number of pyridine rings is 1. The number of phenolic OH excluding ortho intramolecular Hbond substituents is 1. The minimum Gasteiger partial charge on any atom is -0.508 e. The highest BCUT2D eigenvalue weighted by Gasteiger charge is 2.26. The fourth-order valence-electron chi connectivity index (χ4n) is 3.44. The van der Waals surface area contributed by atoms with Gasteiger partial charge >= 0.3 is 0 Å². The minimum atomic E-state index is -0.126. The summed E-state index contributed by atoms with van der Waals surface area (Å²) >= 11 is 0. The number of nitrogens with one attached hydrogen (secondary N) is 1. The minimum absolute atomic E-state index is 0.0542. The van der Waals surface area contributed by atoms with Gasteiger partial charge in [-0.2, -0.15) is 0 Å². The Balaban J connectivity index is 1.70. The van der Waals surface area contributed by atoms with Crippen molar-refractivity contribution in [3.63, 3.8) is 0 Å². The molecular weight excluding hydrogens is 314 g/mol. The van der Waals surface area contributed by atoms with Gasteiger partial charge < -0.3 is 15.3 Å². The Kier molecular flexibility index (Phi) is 5.22. The summed E-state index contributed by atoms with van der Waals surface area (Å²) in [5.74, 6) is 1.09. The molecule has 2 aromatic rings. The SMILES string of the molecule is CCCN(CC)c1ccc(C(=O)NC2CCc3c(O)cccc32)cn1. The van der Waals surface area contributed by atoms with Gasteiger partial charge in [0.25, 0.3) is 5.91 Å². The number of amides is 1. The number of aromatic hydroxyl groups is 1. The predicted octanol–water partition coefficient (Wildman–Crippen LogP) is 3.44. The Bertz CT molecular complexity index is 743. The number of fused-ring (bicyclic) bond motifs is 1. The summed E-state index contributed by atoms with van der Waals surface area (Å²) in [5.41, 5.74) is 2.52. The van der Waals surface area contributed by atoms with E-state index in [1.54, 1.807) is 12.3 Å². The zero-order valence-electron chi connectivity index (χ0n) is 14.8. The number of carbonyl (C=O) groups excluding carboxylic acids is 1. The maximum Gasteiger partial charge on any atom is 0.253 e. The van der Waals surface area contributed by atoms with Crippen LogP contribution in [0.2, 0.25) is 0 Å². The second-order valence-electron chi connectivity index (χ2n) is 6.39. The third-order valence-electron chi connectivity index (χ3n) is 4.76. The van der Waals surface area contributed by atoms with Crippen LogP contribution in [0.3, 0.4) is 0 Å². The van der Waals surface area contributed by atoms with Crippen LogP contribution in [0.5, 0.6) is 5.75 Å². The third-order valence-corrected chi connectivity index (χ3v) is 4.76. The molecule has 0 fully saturated rings. The Hall–Kier alpha value is -2.56. The van der Waals surface area contributed by atoms with E-state index >= 15 is 0 Å². The molecule has 132 valence electrons. The summed E-state index contributed by atoms with van der Waals surface area (Å²) in [4.78, 5) is 19.2. The van der Waals surface area contributed by atoms with Gasteiger partial charge in [-0.1, -0.05) is 19.1 Å². The molecule has 1 aromatic heterocycles. The molecule has 5 heteroatoms. The second-order valence-corrected chi connectivity index (χ2v) is 6.39. The van der Waals surface area contributed by atoms with Crippen LogP contribution >= 0.6 is 0 Å². The topological polar surface area (TPSA) is 65.5 Å². The van der Waals surface area contributed by atoms with E-state index in [0.717, 1.165) is 49.3 Å². The average Bonchev–Trinajstić information content (AvgIpc) is 3.04. The second kappa shape index (κ2) is 7.55.